The summed E-state index contributed by atoms with van der Waals surface area (Å²) in [5.74, 6) is -0.523. The van der Waals surface area contributed by atoms with Gasteiger partial charge in [0.25, 0.3) is 0 Å². The largest absolute Gasteiger partial charge is 0.478 e. The zero-order chi connectivity index (χ0) is 36.2. The molecule has 4 atom stereocenters. The fourth-order valence-electron chi connectivity index (χ4n) is 6.12. The smallest absolute Gasteiger partial charge is 0.336 e. The molecule has 1 aliphatic rings. The Balaban J connectivity index is 1.29. The number of thioether (sulfide) groups is 1. The number of hydrogen-bond acceptors (Lipinski definition) is 7. The van der Waals surface area contributed by atoms with Crippen molar-refractivity contribution in [2.75, 3.05) is 12.3 Å². The highest BCUT2D eigenvalue weighted by atomic mass is 32.2. The number of carbonyl (C=O) groups excluding carboxylic acids is 2. The topological polar surface area (TPSA) is 134 Å². The third-order valence-corrected chi connectivity index (χ3v) is 10.2. The zero-order valence-corrected chi connectivity index (χ0v) is 29.9. The first-order valence-corrected chi connectivity index (χ1v) is 18.4. The molecular weight excluding hydrogens is 665 g/mol. The van der Waals surface area contributed by atoms with Crippen LogP contribution in [0.5, 0.6) is 0 Å². The number of aliphatic hydroxyl groups is 1. The van der Waals surface area contributed by atoms with Crippen molar-refractivity contribution in [3.63, 3.8) is 0 Å². The lowest BCUT2D eigenvalue weighted by Gasteiger charge is -2.41. The van der Waals surface area contributed by atoms with Crippen LogP contribution in [0.15, 0.2) is 102 Å². The summed E-state index contributed by atoms with van der Waals surface area (Å²) in [4.78, 5) is 36.0. The van der Waals surface area contributed by atoms with Crippen molar-refractivity contribution in [3.8, 4) is 11.1 Å². The number of carboxylic acids is 1. The van der Waals surface area contributed by atoms with Crippen LogP contribution in [0.1, 0.15) is 84.5 Å². The van der Waals surface area contributed by atoms with Crippen molar-refractivity contribution in [2.24, 2.45) is 5.92 Å². The van der Waals surface area contributed by atoms with Gasteiger partial charge in [0.05, 0.1) is 24.4 Å². The molecule has 4 unspecified atom stereocenters. The van der Waals surface area contributed by atoms with Crippen LogP contribution in [0.4, 0.5) is 0 Å². The summed E-state index contributed by atoms with van der Waals surface area (Å²) in [7, 11) is 0. The summed E-state index contributed by atoms with van der Waals surface area (Å²) in [6, 6.07) is 30.9. The number of rotatable bonds is 16. The lowest BCUT2D eigenvalue weighted by molar-refractivity contribution is -0.268. The van der Waals surface area contributed by atoms with Gasteiger partial charge < -0.3 is 30.3 Å². The molecule has 1 fully saturated rings. The number of ether oxygens (including phenoxy) is 2. The normalized spacial score (nSPS) is 18.6. The molecular formula is C41H46N2O7S. The molecule has 1 saturated heterocycles. The number of hydrogen-bond donors (Lipinski definition) is 4. The van der Waals surface area contributed by atoms with Crippen LogP contribution in [0, 0.1) is 5.92 Å². The maximum atomic E-state index is 12.5. The van der Waals surface area contributed by atoms with Gasteiger partial charge in [-0.1, -0.05) is 86.1 Å². The standard InChI is InChI=1S/C41H46N2O7S/c1-27-36(26-51-37-15-6-5-14-35(37)40(47)48)49-41(50-39(27)31-19-17-29(25-44)18-20-31)34-13-9-12-33(23-34)32-11-8-10-30(22-32)24-43-38(46)16-4-3-7-21-42-28(2)45/h5-6,8-15,17-20,22-23,27,36,39,41,44H,3-4,7,16,21,24-26H2,1-2H3,(H,42,45)(H,43,46)(H,47,48). The van der Waals surface area contributed by atoms with E-state index in [2.05, 4.69) is 29.7 Å². The van der Waals surface area contributed by atoms with E-state index in [0.717, 1.165) is 52.6 Å². The molecule has 4 N–H and O–H groups in total. The summed E-state index contributed by atoms with van der Waals surface area (Å²) in [5.41, 5.74) is 5.88. The predicted octanol–water partition coefficient (Wildman–Crippen LogP) is 7.44. The number of benzene rings is 4. The van der Waals surface area contributed by atoms with E-state index in [1.54, 1.807) is 12.1 Å². The van der Waals surface area contributed by atoms with Crippen LogP contribution in [0.3, 0.4) is 0 Å². The monoisotopic (exact) mass is 710 g/mol. The van der Waals surface area contributed by atoms with Crippen LogP contribution in [-0.2, 0) is 32.2 Å². The molecule has 0 saturated carbocycles. The Morgan fingerprint density at radius 3 is 2.27 bits per heavy atom. The van der Waals surface area contributed by atoms with Crippen molar-refractivity contribution in [2.45, 2.75) is 76.1 Å². The van der Waals surface area contributed by atoms with Gasteiger partial charge in [0.2, 0.25) is 11.8 Å². The number of aromatic carboxylic acids is 1. The van der Waals surface area contributed by atoms with Gasteiger partial charge in [0.15, 0.2) is 6.29 Å². The van der Waals surface area contributed by atoms with Gasteiger partial charge >= 0.3 is 5.97 Å². The Morgan fingerprint density at radius 2 is 1.53 bits per heavy atom. The Hall–Kier alpha value is -4.48. The summed E-state index contributed by atoms with van der Waals surface area (Å²) in [5, 5.41) is 25.1. The van der Waals surface area contributed by atoms with E-state index in [1.807, 2.05) is 72.8 Å². The highest BCUT2D eigenvalue weighted by molar-refractivity contribution is 7.99. The van der Waals surface area contributed by atoms with Crippen molar-refractivity contribution < 1.29 is 34.1 Å². The molecule has 51 heavy (non-hydrogen) atoms. The number of aliphatic hydroxyl groups excluding tert-OH is 1. The van der Waals surface area contributed by atoms with E-state index in [9.17, 15) is 24.6 Å². The van der Waals surface area contributed by atoms with Gasteiger partial charge in [-0.2, -0.15) is 0 Å². The Bertz CT molecular complexity index is 1780. The fourth-order valence-corrected chi connectivity index (χ4v) is 7.33. The molecule has 4 aromatic carbocycles. The van der Waals surface area contributed by atoms with E-state index < -0.39 is 12.3 Å². The second-order valence-electron chi connectivity index (χ2n) is 12.8. The Labute approximate surface area is 303 Å². The van der Waals surface area contributed by atoms with E-state index in [0.29, 0.717) is 30.2 Å². The van der Waals surface area contributed by atoms with Crippen molar-refractivity contribution in [1.82, 2.24) is 10.6 Å². The number of carbonyl (C=O) groups is 3. The second kappa shape index (κ2) is 18.7. The molecule has 10 heteroatoms. The van der Waals surface area contributed by atoms with Gasteiger partial charge in [0, 0.05) is 48.6 Å². The number of unbranched alkanes of at least 4 members (excludes halogenated alkanes) is 2. The van der Waals surface area contributed by atoms with Gasteiger partial charge in [-0.05, 0) is 64.9 Å². The van der Waals surface area contributed by atoms with Gasteiger partial charge in [-0.25, -0.2) is 4.79 Å². The molecule has 0 aromatic heterocycles. The van der Waals surface area contributed by atoms with E-state index in [-0.39, 0.29) is 42.1 Å². The molecule has 0 aliphatic carbocycles. The minimum Gasteiger partial charge on any atom is -0.478 e. The molecule has 1 heterocycles. The lowest BCUT2D eigenvalue weighted by Crippen LogP contribution is -2.38. The molecule has 0 bridgehead atoms. The Kier molecular flexibility index (Phi) is 13.8. The third-order valence-electron chi connectivity index (χ3n) is 9.01. The zero-order valence-electron chi connectivity index (χ0n) is 29.0. The molecule has 9 nitrogen and oxygen atoms in total. The van der Waals surface area contributed by atoms with Crippen LogP contribution >= 0.6 is 11.8 Å². The summed E-state index contributed by atoms with van der Waals surface area (Å²) < 4.78 is 13.3. The van der Waals surface area contributed by atoms with E-state index in [4.69, 9.17) is 9.47 Å². The van der Waals surface area contributed by atoms with Crippen molar-refractivity contribution >= 4 is 29.5 Å². The second-order valence-corrected chi connectivity index (χ2v) is 13.9. The summed E-state index contributed by atoms with van der Waals surface area (Å²) >= 11 is 1.46. The first-order chi connectivity index (χ1) is 24.7. The SMILES string of the molecule is CC(=O)NCCCCCC(=O)NCc1cccc(-c2cccc(C3OC(CSc4ccccc4C(=O)O)C(C)C(c4ccc(CO)cc4)O3)c2)c1. The number of nitrogens with one attached hydrogen (secondary N) is 2. The van der Waals surface area contributed by atoms with E-state index >= 15 is 0 Å². The predicted molar refractivity (Wildman–Crippen MR) is 198 cm³/mol. The first kappa shape index (κ1) is 37.8. The lowest BCUT2D eigenvalue weighted by atomic mass is 9.91. The Morgan fingerprint density at radius 1 is 0.784 bits per heavy atom. The molecule has 268 valence electrons. The minimum absolute atomic E-state index is 0.00229. The highest BCUT2D eigenvalue weighted by Gasteiger charge is 2.38. The van der Waals surface area contributed by atoms with Gasteiger partial charge in [-0.15, -0.1) is 11.8 Å². The average Bonchev–Trinajstić information content (AvgIpc) is 3.15. The van der Waals surface area contributed by atoms with Gasteiger partial charge in [0.1, 0.15) is 0 Å². The van der Waals surface area contributed by atoms with Crippen LogP contribution in [-0.4, -0.2) is 46.4 Å². The number of amides is 2. The van der Waals surface area contributed by atoms with Crippen LogP contribution in [0.2, 0.25) is 0 Å². The molecule has 4 aromatic rings. The molecule has 5 rings (SSSR count). The average molecular weight is 711 g/mol. The van der Waals surface area contributed by atoms with Crippen molar-refractivity contribution in [1.29, 1.82) is 0 Å². The molecule has 0 radical (unpaired) electrons. The van der Waals surface area contributed by atoms with Crippen LogP contribution < -0.4 is 10.6 Å². The quantitative estimate of drug-likeness (QED) is 0.0697. The van der Waals surface area contributed by atoms with E-state index in [1.165, 1.54) is 18.7 Å². The summed E-state index contributed by atoms with van der Waals surface area (Å²) in [6.07, 6.45) is 1.71. The van der Waals surface area contributed by atoms with Crippen LogP contribution in [0.25, 0.3) is 11.1 Å². The first-order valence-electron chi connectivity index (χ1n) is 17.4. The maximum Gasteiger partial charge on any atom is 0.336 e. The van der Waals surface area contributed by atoms with Crippen molar-refractivity contribution in [3.05, 3.63) is 125 Å². The third kappa shape index (κ3) is 10.8. The van der Waals surface area contributed by atoms with Gasteiger partial charge in [-0.3, -0.25) is 9.59 Å². The molecule has 1 aliphatic heterocycles. The minimum atomic E-state index is -0.964. The molecule has 2 amide bonds. The fraction of sp³-hybridized carbons (Fsp3) is 0.341. The highest BCUT2D eigenvalue weighted by Crippen LogP contribution is 2.43. The molecule has 0 spiro atoms. The summed E-state index contributed by atoms with van der Waals surface area (Å²) in [6.45, 7) is 4.60. The maximum absolute atomic E-state index is 12.5. The number of carboxylic acid groups (broad SMARTS) is 1.